The number of hydrogen-bond acceptors (Lipinski definition) is 8. The van der Waals surface area contributed by atoms with E-state index in [0.29, 0.717) is 12.2 Å². The summed E-state index contributed by atoms with van der Waals surface area (Å²) >= 11 is 0. The molecule has 9 nitrogen and oxygen atoms in total. The van der Waals surface area contributed by atoms with Crippen molar-refractivity contribution in [2.75, 3.05) is 6.61 Å². The normalized spacial score (nSPS) is 20.8. The van der Waals surface area contributed by atoms with Gasteiger partial charge < -0.3 is 20.3 Å². The number of Topliss-reactive ketones (excluding diaryl/α,β-unsaturated/α-hetero) is 1. The molecule has 1 unspecified atom stereocenters. The molecule has 3 rings (SSSR count). The zero-order valence-corrected chi connectivity index (χ0v) is 16.4. The molecule has 0 saturated heterocycles. The van der Waals surface area contributed by atoms with Gasteiger partial charge in [0.2, 0.25) is 5.88 Å². The molecule has 0 bridgehead atoms. The average Bonchev–Trinajstić information content (AvgIpc) is 2.59. The number of rotatable bonds is 4. The smallest absolute Gasteiger partial charge is 0.340 e. The van der Waals surface area contributed by atoms with Crippen LogP contribution in [-0.4, -0.2) is 28.4 Å². The molecule has 0 saturated carbocycles. The number of aromatic hydroxyl groups is 1. The Balaban J connectivity index is 2.26. The third-order valence-electron chi connectivity index (χ3n) is 4.98. The molecule has 2 aliphatic rings. The van der Waals surface area contributed by atoms with E-state index in [1.807, 2.05) is 13.8 Å². The van der Waals surface area contributed by atoms with Crippen LogP contribution in [0.5, 0.6) is 5.75 Å². The first-order valence-electron chi connectivity index (χ1n) is 9.14. The summed E-state index contributed by atoms with van der Waals surface area (Å²) in [6.07, 6.45) is 0.578. The number of carbonyl (C=O) groups excluding carboxylic acids is 2. The van der Waals surface area contributed by atoms with Gasteiger partial charge in [0.1, 0.15) is 17.1 Å². The molecule has 0 spiro atoms. The number of allylic oxidation sites excluding steroid dienone is 2. The predicted molar refractivity (Wildman–Crippen MR) is 101 cm³/mol. The molecule has 0 fully saturated rings. The van der Waals surface area contributed by atoms with Crippen LogP contribution in [-0.2, 0) is 19.1 Å². The van der Waals surface area contributed by atoms with Gasteiger partial charge in [-0.15, -0.1) is 0 Å². The number of nitro benzene ring substituents is 1. The van der Waals surface area contributed by atoms with Gasteiger partial charge in [-0.3, -0.25) is 14.9 Å². The number of nitrogens with zero attached hydrogens (tertiary/aromatic N) is 1. The molecule has 3 N–H and O–H groups in total. The summed E-state index contributed by atoms with van der Waals surface area (Å²) in [6, 6.07) is 3.42. The molecule has 0 aromatic heterocycles. The fraction of sp³-hybridized carbons (Fsp3) is 0.400. The number of nitrogens with two attached hydrogens (primary N) is 1. The first kappa shape index (κ1) is 20.4. The van der Waals surface area contributed by atoms with Crippen LogP contribution in [0.25, 0.3) is 0 Å². The highest BCUT2D eigenvalue weighted by Crippen LogP contribution is 2.50. The minimum atomic E-state index is -1.12. The number of nitro groups is 1. The monoisotopic (exact) mass is 402 g/mol. The van der Waals surface area contributed by atoms with E-state index in [-0.39, 0.29) is 58.3 Å². The van der Waals surface area contributed by atoms with Gasteiger partial charge in [-0.25, -0.2) is 4.79 Å². The zero-order chi connectivity index (χ0) is 21.5. The SMILES string of the molecule is CCOC(=O)C1=C(N)OC2=C(C(=O)CC(C)(C)C2)C1c1cc([N+](=O)[O-])ccc1O. The lowest BCUT2D eigenvalue weighted by molar-refractivity contribution is -0.384. The lowest BCUT2D eigenvalue weighted by atomic mass is 9.70. The number of hydrogen-bond donors (Lipinski definition) is 2. The van der Waals surface area contributed by atoms with Crippen molar-refractivity contribution in [2.24, 2.45) is 11.1 Å². The third-order valence-corrected chi connectivity index (χ3v) is 4.98. The van der Waals surface area contributed by atoms with Crippen molar-refractivity contribution < 1.29 is 29.1 Å². The Hall–Kier alpha value is -3.36. The maximum Gasteiger partial charge on any atom is 0.340 e. The van der Waals surface area contributed by atoms with Crippen LogP contribution in [0.3, 0.4) is 0 Å². The van der Waals surface area contributed by atoms with Crippen LogP contribution in [0.2, 0.25) is 0 Å². The Bertz CT molecular complexity index is 975. The number of esters is 1. The van der Waals surface area contributed by atoms with Crippen molar-refractivity contribution >= 4 is 17.4 Å². The van der Waals surface area contributed by atoms with Gasteiger partial charge in [0, 0.05) is 36.1 Å². The number of phenols is 1. The second-order valence-electron chi connectivity index (χ2n) is 7.81. The van der Waals surface area contributed by atoms with E-state index in [9.17, 15) is 24.8 Å². The summed E-state index contributed by atoms with van der Waals surface area (Å²) in [6.45, 7) is 5.46. The molecular weight excluding hydrogens is 380 g/mol. The predicted octanol–water partition coefficient (Wildman–Crippen LogP) is 2.79. The summed E-state index contributed by atoms with van der Waals surface area (Å²) in [4.78, 5) is 36.3. The van der Waals surface area contributed by atoms with Gasteiger partial charge in [0.15, 0.2) is 5.78 Å². The molecule has 154 valence electrons. The van der Waals surface area contributed by atoms with Crippen molar-refractivity contribution in [1.82, 2.24) is 0 Å². The first-order chi connectivity index (χ1) is 13.6. The van der Waals surface area contributed by atoms with Crippen molar-refractivity contribution in [1.29, 1.82) is 0 Å². The lowest BCUT2D eigenvalue weighted by Crippen LogP contribution is -2.35. The summed E-state index contributed by atoms with van der Waals surface area (Å²) < 4.78 is 10.7. The molecular formula is C20H22N2O7. The second kappa shape index (κ2) is 7.23. The van der Waals surface area contributed by atoms with Crippen LogP contribution < -0.4 is 5.73 Å². The van der Waals surface area contributed by atoms with Gasteiger partial charge in [-0.1, -0.05) is 13.8 Å². The fourth-order valence-corrected chi connectivity index (χ4v) is 3.79. The minimum Gasteiger partial charge on any atom is -0.508 e. The number of ketones is 1. The van der Waals surface area contributed by atoms with Crippen molar-refractivity contribution in [2.45, 2.75) is 39.5 Å². The first-order valence-corrected chi connectivity index (χ1v) is 9.14. The Morgan fingerprint density at radius 3 is 2.72 bits per heavy atom. The molecule has 9 heteroatoms. The van der Waals surface area contributed by atoms with Gasteiger partial charge in [-0.2, -0.15) is 0 Å². The van der Waals surface area contributed by atoms with Gasteiger partial charge in [-0.05, 0) is 18.4 Å². The molecule has 0 radical (unpaired) electrons. The largest absolute Gasteiger partial charge is 0.508 e. The highest BCUT2D eigenvalue weighted by Gasteiger charge is 2.46. The third kappa shape index (κ3) is 3.67. The maximum atomic E-state index is 13.0. The van der Waals surface area contributed by atoms with Crippen LogP contribution >= 0.6 is 0 Å². The van der Waals surface area contributed by atoms with Gasteiger partial charge in [0.25, 0.3) is 5.69 Å². The van der Waals surface area contributed by atoms with Crippen LogP contribution in [0.15, 0.2) is 41.0 Å². The number of phenolic OH excluding ortho intramolecular Hbond substituents is 1. The molecule has 0 amide bonds. The number of non-ortho nitro benzene ring substituents is 1. The summed E-state index contributed by atoms with van der Waals surface area (Å²) in [5, 5.41) is 21.7. The molecule has 1 aliphatic carbocycles. The second-order valence-corrected chi connectivity index (χ2v) is 7.81. The zero-order valence-electron chi connectivity index (χ0n) is 16.4. The van der Waals surface area contributed by atoms with Crippen LogP contribution in [0.4, 0.5) is 5.69 Å². The van der Waals surface area contributed by atoms with Crippen molar-refractivity contribution in [3.8, 4) is 5.75 Å². The number of benzene rings is 1. The van der Waals surface area contributed by atoms with E-state index < -0.39 is 16.8 Å². The van der Waals surface area contributed by atoms with Crippen LogP contribution in [0, 0.1) is 15.5 Å². The molecule has 29 heavy (non-hydrogen) atoms. The van der Waals surface area contributed by atoms with E-state index >= 15 is 0 Å². The van der Waals surface area contributed by atoms with E-state index in [4.69, 9.17) is 15.2 Å². The van der Waals surface area contributed by atoms with Gasteiger partial charge in [0.05, 0.1) is 17.4 Å². The van der Waals surface area contributed by atoms with Crippen molar-refractivity contribution in [3.63, 3.8) is 0 Å². The van der Waals surface area contributed by atoms with Crippen molar-refractivity contribution in [3.05, 3.63) is 56.7 Å². The minimum absolute atomic E-state index is 0.0223. The molecule has 1 atom stereocenters. The Labute approximate surface area is 166 Å². The summed E-state index contributed by atoms with van der Waals surface area (Å²) in [7, 11) is 0. The average molecular weight is 402 g/mol. The fourth-order valence-electron chi connectivity index (χ4n) is 3.79. The Kier molecular flexibility index (Phi) is 5.08. The number of ether oxygens (including phenoxy) is 2. The van der Waals surface area contributed by atoms with E-state index in [1.165, 1.54) is 0 Å². The lowest BCUT2D eigenvalue weighted by Gasteiger charge is -2.37. The highest BCUT2D eigenvalue weighted by molar-refractivity contribution is 6.03. The summed E-state index contributed by atoms with van der Waals surface area (Å²) in [5.41, 5.74) is 5.37. The quantitative estimate of drug-likeness (QED) is 0.445. The molecule has 1 aromatic carbocycles. The highest BCUT2D eigenvalue weighted by atomic mass is 16.6. The molecule has 1 aliphatic heterocycles. The van der Waals surface area contributed by atoms with E-state index in [0.717, 1.165) is 18.2 Å². The molecule has 1 aromatic rings. The number of carbonyl (C=O) groups is 2. The molecule has 1 heterocycles. The Morgan fingerprint density at radius 2 is 2.10 bits per heavy atom. The van der Waals surface area contributed by atoms with E-state index in [2.05, 4.69) is 0 Å². The topological polar surface area (TPSA) is 142 Å². The van der Waals surface area contributed by atoms with Gasteiger partial charge >= 0.3 is 5.97 Å². The van der Waals surface area contributed by atoms with E-state index in [1.54, 1.807) is 6.92 Å². The Morgan fingerprint density at radius 1 is 1.41 bits per heavy atom. The van der Waals surface area contributed by atoms with Crippen LogP contribution in [0.1, 0.15) is 45.1 Å². The maximum absolute atomic E-state index is 13.0. The standard InChI is InChI=1S/C20H22N2O7/c1-4-28-19(25)17-15(11-7-10(22(26)27)5-6-12(11)23)16-13(24)8-20(2,3)9-14(16)29-18(17)21/h5-7,15,23H,4,8-9,21H2,1-3H3. The summed E-state index contributed by atoms with van der Waals surface area (Å²) in [5.74, 6) is -2.47.